The Labute approximate surface area is 130 Å². The molecule has 1 aromatic carbocycles. The lowest BCUT2D eigenvalue weighted by atomic mass is 9.88. The van der Waals surface area contributed by atoms with Gasteiger partial charge in [0.25, 0.3) is 5.91 Å². The molecule has 0 radical (unpaired) electrons. The highest BCUT2D eigenvalue weighted by atomic mass is 16.5. The van der Waals surface area contributed by atoms with Gasteiger partial charge < -0.3 is 20.7 Å². The molecule has 1 aliphatic rings. The van der Waals surface area contributed by atoms with Crippen LogP contribution in [0.15, 0.2) is 24.3 Å². The minimum atomic E-state index is -0.524. The summed E-state index contributed by atoms with van der Waals surface area (Å²) in [4.78, 5) is 24.0. The van der Waals surface area contributed by atoms with E-state index in [-0.39, 0.29) is 17.7 Å². The molecule has 0 aliphatic carbocycles. The Morgan fingerprint density at radius 1 is 1.18 bits per heavy atom. The monoisotopic (exact) mass is 305 g/mol. The Bertz CT molecular complexity index is 543. The first-order valence-electron chi connectivity index (χ1n) is 7.46. The molecule has 0 saturated carbocycles. The molecule has 1 saturated heterocycles. The molecule has 1 fully saturated rings. The van der Waals surface area contributed by atoms with Crippen LogP contribution >= 0.6 is 0 Å². The highest BCUT2D eigenvalue weighted by Crippen LogP contribution is 2.20. The summed E-state index contributed by atoms with van der Waals surface area (Å²) in [7, 11) is 1.48. The summed E-state index contributed by atoms with van der Waals surface area (Å²) in [6, 6.07) is 7.11. The molecule has 0 aromatic heterocycles. The molecule has 6 heteroatoms. The molecule has 2 rings (SSSR count). The normalized spacial score (nSPS) is 17.2. The average molecular weight is 305 g/mol. The van der Waals surface area contributed by atoms with Crippen molar-refractivity contribution >= 4 is 23.2 Å². The number of rotatable bonds is 6. The van der Waals surface area contributed by atoms with E-state index in [0.29, 0.717) is 17.3 Å². The number of hydrogen-bond acceptors (Lipinski definition) is 4. The topological polar surface area (TPSA) is 79.5 Å². The van der Waals surface area contributed by atoms with Crippen molar-refractivity contribution < 1.29 is 14.3 Å². The lowest BCUT2D eigenvalue weighted by molar-refractivity contribution is -0.124. The second kappa shape index (κ2) is 7.38. The van der Waals surface area contributed by atoms with Gasteiger partial charge in [0.1, 0.15) is 6.10 Å². The van der Waals surface area contributed by atoms with Crippen molar-refractivity contribution in [3.05, 3.63) is 24.3 Å². The summed E-state index contributed by atoms with van der Waals surface area (Å²) in [5.41, 5.74) is 1.30. The van der Waals surface area contributed by atoms with Crippen molar-refractivity contribution in [2.45, 2.75) is 20.0 Å². The van der Waals surface area contributed by atoms with Gasteiger partial charge in [-0.2, -0.15) is 0 Å². The summed E-state index contributed by atoms with van der Waals surface area (Å²) in [5, 5.41) is 8.82. The van der Waals surface area contributed by atoms with Crippen LogP contribution in [0.3, 0.4) is 0 Å². The molecule has 2 unspecified atom stereocenters. The van der Waals surface area contributed by atoms with E-state index in [9.17, 15) is 9.59 Å². The van der Waals surface area contributed by atoms with Crippen molar-refractivity contribution in [3.8, 4) is 0 Å². The number of benzene rings is 1. The number of nitrogens with one attached hydrogen (secondary N) is 3. The van der Waals surface area contributed by atoms with Gasteiger partial charge in [0.15, 0.2) is 0 Å². The van der Waals surface area contributed by atoms with Gasteiger partial charge in [-0.05, 0) is 44.1 Å². The number of carbonyl (C=O) groups excluding carboxylic acids is 2. The van der Waals surface area contributed by atoms with Crippen molar-refractivity contribution in [2.75, 3.05) is 30.8 Å². The third kappa shape index (κ3) is 4.05. The maximum Gasteiger partial charge on any atom is 0.253 e. The molecule has 0 spiro atoms. The first-order valence-corrected chi connectivity index (χ1v) is 7.46. The van der Waals surface area contributed by atoms with Crippen LogP contribution in [0.1, 0.15) is 13.8 Å². The molecule has 22 heavy (non-hydrogen) atoms. The summed E-state index contributed by atoms with van der Waals surface area (Å²) in [6.07, 6.45) is -0.524. The smallest absolute Gasteiger partial charge is 0.253 e. The standard InChI is InChI=1S/C16H23N3O3/c1-10(12-8-17-9-12)15(20)18-13-5-4-6-14(7-13)19-16(21)11(2)22-3/h4-7,10-12,17H,8-9H2,1-3H3,(H,18,20)(H,19,21). The van der Waals surface area contributed by atoms with Crippen LogP contribution < -0.4 is 16.0 Å². The van der Waals surface area contributed by atoms with E-state index < -0.39 is 6.10 Å². The summed E-state index contributed by atoms with van der Waals surface area (Å²) >= 11 is 0. The SMILES string of the molecule is COC(C)C(=O)Nc1cccc(NC(=O)C(C)C2CNC2)c1. The summed E-state index contributed by atoms with van der Waals surface area (Å²) in [6.45, 7) is 5.39. The van der Waals surface area contributed by atoms with Gasteiger partial charge in [-0.15, -0.1) is 0 Å². The minimum absolute atomic E-state index is 0.000219. The van der Waals surface area contributed by atoms with Crippen LogP contribution in [0.25, 0.3) is 0 Å². The molecular weight excluding hydrogens is 282 g/mol. The summed E-state index contributed by atoms with van der Waals surface area (Å²) < 4.78 is 4.97. The number of carbonyl (C=O) groups is 2. The van der Waals surface area contributed by atoms with Crippen LogP contribution in [0.2, 0.25) is 0 Å². The largest absolute Gasteiger partial charge is 0.372 e. The van der Waals surface area contributed by atoms with Gasteiger partial charge >= 0.3 is 0 Å². The molecule has 6 nitrogen and oxygen atoms in total. The molecule has 120 valence electrons. The third-order valence-corrected chi connectivity index (χ3v) is 4.05. The second-order valence-corrected chi connectivity index (χ2v) is 5.64. The van der Waals surface area contributed by atoms with Crippen molar-refractivity contribution in [1.82, 2.24) is 5.32 Å². The van der Waals surface area contributed by atoms with Crippen LogP contribution in [0.4, 0.5) is 11.4 Å². The zero-order chi connectivity index (χ0) is 16.1. The number of amides is 2. The Hall–Kier alpha value is -1.92. The number of anilines is 2. The maximum absolute atomic E-state index is 12.2. The number of ether oxygens (including phenoxy) is 1. The van der Waals surface area contributed by atoms with Gasteiger partial charge in [-0.25, -0.2) is 0 Å². The number of hydrogen-bond donors (Lipinski definition) is 3. The fraction of sp³-hybridized carbons (Fsp3) is 0.500. The Morgan fingerprint density at radius 3 is 2.27 bits per heavy atom. The molecule has 2 atom stereocenters. The lowest BCUT2D eigenvalue weighted by Crippen LogP contribution is -2.48. The van der Waals surface area contributed by atoms with Crippen molar-refractivity contribution in [3.63, 3.8) is 0 Å². The third-order valence-electron chi connectivity index (χ3n) is 4.05. The predicted octanol–water partition coefficient (Wildman–Crippen LogP) is 1.45. The van der Waals surface area contributed by atoms with Gasteiger partial charge in [-0.3, -0.25) is 9.59 Å². The minimum Gasteiger partial charge on any atom is -0.372 e. The van der Waals surface area contributed by atoms with Crippen molar-refractivity contribution in [2.24, 2.45) is 11.8 Å². The molecule has 0 bridgehead atoms. The van der Waals surface area contributed by atoms with Crippen molar-refractivity contribution in [1.29, 1.82) is 0 Å². The van der Waals surface area contributed by atoms with E-state index in [1.165, 1.54) is 7.11 Å². The fourth-order valence-electron chi connectivity index (χ4n) is 2.16. The van der Waals surface area contributed by atoms with E-state index in [2.05, 4.69) is 16.0 Å². The van der Waals surface area contributed by atoms with E-state index in [1.807, 2.05) is 6.92 Å². The maximum atomic E-state index is 12.2. The Balaban J connectivity index is 1.96. The zero-order valence-electron chi connectivity index (χ0n) is 13.2. The fourth-order valence-corrected chi connectivity index (χ4v) is 2.16. The average Bonchev–Trinajstić information content (AvgIpc) is 2.44. The first kappa shape index (κ1) is 16.5. The second-order valence-electron chi connectivity index (χ2n) is 5.64. The highest BCUT2D eigenvalue weighted by Gasteiger charge is 2.28. The predicted molar refractivity (Wildman–Crippen MR) is 85.7 cm³/mol. The summed E-state index contributed by atoms with van der Waals surface area (Å²) in [5.74, 6) is 0.138. The van der Waals surface area contributed by atoms with Crippen LogP contribution in [0, 0.1) is 11.8 Å². The quantitative estimate of drug-likeness (QED) is 0.743. The van der Waals surface area contributed by atoms with E-state index >= 15 is 0 Å². The van der Waals surface area contributed by atoms with Crippen LogP contribution in [-0.4, -0.2) is 38.1 Å². The van der Waals surface area contributed by atoms with E-state index in [1.54, 1.807) is 31.2 Å². The van der Waals surface area contributed by atoms with E-state index in [4.69, 9.17) is 4.74 Å². The van der Waals surface area contributed by atoms with Gasteiger partial charge in [-0.1, -0.05) is 13.0 Å². The zero-order valence-corrected chi connectivity index (χ0v) is 13.2. The van der Waals surface area contributed by atoms with Gasteiger partial charge in [0.2, 0.25) is 5.91 Å². The van der Waals surface area contributed by atoms with E-state index in [0.717, 1.165) is 13.1 Å². The molecule has 2 amide bonds. The highest BCUT2D eigenvalue weighted by molar-refractivity contribution is 5.96. The number of methoxy groups -OCH3 is 1. The van der Waals surface area contributed by atoms with Gasteiger partial charge in [0, 0.05) is 24.4 Å². The molecular formula is C16H23N3O3. The molecule has 1 heterocycles. The van der Waals surface area contributed by atoms with Crippen LogP contribution in [0.5, 0.6) is 0 Å². The van der Waals surface area contributed by atoms with Gasteiger partial charge in [0.05, 0.1) is 0 Å². The van der Waals surface area contributed by atoms with Crippen LogP contribution in [-0.2, 0) is 14.3 Å². The Kier molecular flexibility index (Phi) is 5.51. The molecule has 1 aliphatic heterocycles. The molecule has 3 N–H and O–H groups in total. The molecule has 1 aromatic rings. The first-order chi connectivity index (χ1) is 10.5. The lowest BCUT2D eigenvalue weighted by Gasteiger charge is -2.31. The Morgan fingerprint density at radius 2 is 1.77 bits per heavy atom.